The molecule has 1 aliphatic rings. The highest BCUT2D eigenvalue weighted by molar-refractivity contribution is 7.99. The summed E-state index contributed by atoms with van der Waals surface area (Å²) in [5.41, 5.74) is 1.93. The van der Waals surface area contributed by atoms with Gasteiger partial charge in [0.15, 0.2) is 0 Å². The molecule has 1 atom stereocenters. The topological polar surface area (TPSA) is 31.2 Å². The second-order valence-corrected chi connectivity index (χ2v) is 6.36. The third-order valence-electron chi connectivity index (χ3n) is 3.68. The Morgan fingerprint density at radius 2 is 2.10 bits per heavy atom. The van der Waals surface area contributed by atoms with Crippen molar-refractivity contribution >= 4 is 17.7 Å². The quantitative estimate of drug-likeness (QED) is 0.793. The molecule has 21 heavy (non-hydrogen) atoms. The maximum atomic E-state index is 12.2. The summed E-state index contributed by atoms with van der Waals surface area (Å²) in [6, 6.07) is 14.1. The lowest BCUT2D eigenvalue weighted by atomic mass is 10.1. The fourth-order valence-electron chi connectivity index (χ4n) is 2.51. The van der Waals surface area contributed by atoms with Crippen molar-refractivity contribution in [3.05, 3.63) is 59.9 Å². The number of esters is 1. The van der Waals surface area contributed by atoms with E-state index in [2.05, 4.69) is 12.1 Å². The molecule has 0 amide bonds. The summed E-state index contributed by atoms with van der Waals surface area (Å²) < 4.78 is 7.55. The number of hydrogen-bond donors (Lipinski definition) is 0. The lowest BCUT2D eigenvalue weighted by Crippen LogP contribution is -2.20. The van der Waals surface area contributed by atoms with E-state index in [0.29, 0.717) is 5.69 Å². The van der Waals surface area contributed by atoms with Crippen molar-refractivity contribution in [2.45, 2.75) is 25.5 Å². The molecular weight excluding hydrogens is 282 g/mol. The lowest BCUT2D eigenvalue weighted by Gasteiger charge is -2.13. The van der Waals surface area contributed by atoms with Crippen LogP contribution in [-0.4, -0.2) is 28.1 Å². The zero-order valence-corrected chi connectivity index (χ0v) is 12.7. The van der Waals surface area contributed by atoms with E-state index in [0.717, 1.165) is 30.9 Å². The molecule has 3 rings (SSSR count). The van der Waals surface area contributed by atoms with Crippen molar-refractivity contribution in [2.75, 3.05) is 11.5 Å². The molecular formula is C17H19NO2S. The summed E-state index contributed by atoms with van der Waals surface area (Å²) in [5.74, 6) is 1.82. The number of nitrogens with zero attached hydrogens (tertiary/aromatic N) is 1. The van der Waals surface area contributed by atoms with Crippen LogP contribution < -0.4 is 0 Å². The minimum atomic E-state index is -0.194. The SMILES string of the molecule is O=C(OC1CCSC1)c1cccn1CCc1ccccc1. The van der Waals surface area contributed by atoms with Gasteiger partial charge in [0.25, 0.3) is 0 Å². The van der Waals surface area contributed by atoms with E-state index in [9.17, 15) is 4.79 Å². The minimum Gasteiger partial charge on any atom is -0.457 e. The van der Waals surface area contributed by atoms with Crippen LogP contribution in [0.4, 0.5) is 0 Å². The van der Waals surface area contributed by atoms with E-state index < -0.39 is 0 Å². The molecule has 4 heteroatoms. The van der Waals surface area contributed by atoms with E-state index in [1.807, 2.05) is 52.9 Å². The fraction of sp³-hybridized carbons (Fsp3) is 0.353. The number of aryl methyl sites for hydroxylation is 2. The van der Waals surface area contributed by atoms with Gasteiger partial charge in [0.2, 0.25) is 0 Å². The van der Waals surface area contributed by atoms with E-state index in [-0.39, 0.29) is 12.1 Å². The number of rotatable bonds is 5. The summed E-state index contributed by atoms with van der Waals surface area (Å²) in [6.07, 6.45) is 3.92. The van der Waals surface area contributed by atoms with Gasteiger partial charge in [0.1, 0.15) is 11.8 Å². The van der Waals surface area contributed by atoms with Crippen molar-refractivity contribution in [3.8, 4) is 0 Å². The molecule has 1 fully saturated rings. The maximum Gasteiger partial charge on any atom is 0.355 e. The van der Waals surface area contributed by atoms with Gasteiger partial charge in [-0.1, -0.05) is 30.3 Å². The summed E-state index contributed by atoms with van der Waals surface area (Å²) >= 11 is 1.85. The first-order chi connectivity index (χ1) is 10.3. The number of ether oxygens (including phenoxy) is 1. The number of hydrogen-bond acceptors (Lipinski definition) is 3. The van der Waals surface area contributed by atoms with E-state index in [4.69, 9.17) is 4.74 Å². The number of thioether (sulfide) groups is 1. The van der Waals surface area contributed by atoms with Gasteiger partial charge >= 0.3 is 5.97 Å². The molecule has 3 nitrogen and oxygen atoms in total. The van der Waals surface area contributed by atoms with Gasteiger partial charge in [0.05, 0.1) is 0 Å². The molecule has 0 radical (unpaired) electrons. The second-order valence-electron chi connectivity index (χ2n) is 5.21. The normalized spacial score (nSPS) is 17.8. The van der Waals surface area contributed by atoms with Gasteiger partial charge in [-0.05, 0) is 36.3 Å². The second kappa shape index (κ2) is 6.85. The van der Waals surface area contributed by atoms with Crippen LogP contribution in [0.1, 0.15) is 22.5 Å². The summed E-state index contributed by atoms with van der Waals surface area (Å²) in [4.78, 5) is 12.2. The van der Waals surface area contributed by atoms with Crippen LogP contribution in [0.25, 0.3) is 0 Å². The van der Waals surface area contributed by atoms with Crippen LogP contribution >= 0.6 is 11.8 Å². The van der Waals surface area contributed by atoms with Gasteiger partial charge in [0, 0.05) is 18.5 Å². The van der Waals surface area contributed by atoms with Crippen molar-refractivity contribution in [1.82, 2.24) is 4.57 Å². The molecule has 1 aromatic carbocycles. The lowest BCUT2D eigenvalue weighted by molar-refractivity contribution is 0.0344. The van der Waals surface area contributed by atoms with Crippen molar-refractivity contribution < 1.29 is 9.53 Å². The number of aromatic nitrogens is 1. The first-order valence-corrected chi connectivity index (χ1v) is 8.46. The molecule has 1 unspecified atom stereocenters. The van der Waals surface area contributed by atoms with Crippen molar-refractivity contribution in [1.29, 1.82) is 0 Å². The van der Waals surface area contributed by atoms with Gasteiger partial charge in [-0.15, -0.1) is 0 Å². The van der Waals surface area contributed by atoms with E-state index in [1.54, 1.807) is 0 Å². The van der Waals surface area contributed by atoms with Crippen LogP contribution in [-0.2, 0) is 17.7 Å². The third kappa shape index (κ3) is 3.70. The Morgan fingerprint density at radius 1 is 1.24 bits per heavy atom. The van der Waals surface area contributed by atoms with Crippen molar-refractivity contribution in [3.63, 3.8) is 0 Å². The highest BCUT2D eigenvalue weighted by Crippen LogP contribution is 2.21. The molecule has 0 saturated carbocycles. The van der Waals surface area contributed by atoms with Gasteiger partial charge < -0.3 is 9.30 Å². The van der Waals surface area contributed by atoms with E-state index >= 15 is 0 Å². The molecule has 0 aliphatic carbocycles. The fourth-order valence-corrected chi connectivity index (χ4v) is 3.60. The van der Waals surface area contributed by atoms with E-state index in [1.165, 1.54) is 5.56 Å². The largest absolute Gasteiger partial charge is 0.457 e. The number of benzene rings is 1. The first kappa shape index (κ1) is 14.3. The Hall–Kier alpha value is -1.68. The predicted octanol–water partition coefficient (Wildman–Crippen LogP) is 3.39. The van der Waals surface area contributed by atoms with Crippen LogP contribution in [0, 0.1) is 0 Å². The molecule has 0 bridgehead atoms. The zero-order chi connectivity index (χ0) is 14.5. The highest BCUT2D eigenvalue weighted by atomic mass is 32.2. The minimum absolute atomic E-state index is 0.0833. The number of carbonyl (C=O) groups excluding carboxylic acids is 1. The monoisotopic (exact) mass is 301 g/mol. The highest BCUT2D eigenvalue weighted by Gasteiger charge is 2.22. The Labute approximate surface area is 129 Å². The average Bonchev–Trinajstić information content (AvgIpc) is 3.17. The standard InChI is InChI=1S/C17H19NO2S/c19-17(20-15-9-12-21-13-15)16-7-4-10-18(16)11-8-14-5-2-1-3-6-14/h1-7,10,15H,8-9,11-13H2. The summed E-state index contributed by atoms with van der Waals surface area (Å²) in [7, 11) is 0. The molecule has 1 aromatic heterocycles. The molecule has 1 saturated heterocycles. The van der Waals surface area contributed by atoms with Crippen LogP contribution in [0.5, 0.6) is 0 Å². The predicted molar refractivity (Wildman–Crippen MR) is 85.7 cm³/mol. The average molecular weight is 301 g/mol. The molecule has 0 spiro atoms. The smallest absolute Gasteiger partial charge is 0.355 e. The summed E-state index contributed by atoms with van der Waals surface area (Å²) in [6.45, 7) is 0.793. The Morgan fingerprint density at radius 3 is 2.86 bits per heavy atom. The first-order valence-electron chi connectivity index (χ1n) is 7.31. The van der Waals surface area contributed by atoms with Crippen molar-refractivity contribution in [2.24, 2.45) is 0 Å². The van der Waals surface area contributed by atoms with Gasteiger partial charge in [-0.2, -0.15) is 11.8 Å². The van der Waals surface area contributed by atoms with Gasteiger partial charge in [-0.3, -0.25) is 0 Å². The molecule has 2 heterocycles. The Balaban J connectivity index is 1.61. The third-order valence-corrected chi connectivity index (χ3v) is 4.82. The number of carbonyl (C=O) groups is 1. The zero-order valence-electron chi connectivity index (χ0n) is 11.9. The maximum absolute atomic E-state index is 12.2. The summed E-state index contributed by atoms with van der Waals surface area (Å²) in [5, 5.41) is 0. The molecule has 1 aliphatic heterocycles. The van der Waals surface area contributed by atoms with Crippen LogP contribution in [0.15, 0.2) is 48.7 Å². The molecule has 2 aromatic rings. The Bertz CT molecular complexity index is 588. The van der Waals surface area contributed by atoms with Gasteiger partial charge in [-0.25, -0.2) is 4.79 Å². The van der Waals surface area contributed by atoms with Crippen LogP contribution in [0.2, 0.25) is 0 Å². The molecule has 110 valence electrons. The molecule has 0 N–H and O–H groups in total. The van der Waals surface area contributed by atoms with Crippen LogP contribution in [0.3, 0.4) is 0 Å². The Kier molecular flexibility index (Phi) is 4.65.